The number of halogens is 2. The molecular weight excluding hydrogens is 405 g/mol. The first-order valence-electron chi connectivity index (χ1n) is 8.17. The summed E-state index contributed by atoms with van der Waals surface area (Å²) < 4.78 is 5.74. The molecule has 0 aliphatic heterocycles. The molecule has 0 bridgehead atoms. The zero-order chi connectivity index (χ0) is 19.6. The van der Waals surface area contributed by atoms with Gasteiger partial charge in [0.1, 0.15) is 10.8 Å². The fraction of sp³-hybridized carbons (Fsp3) is 0.211. The van der Waals surface area contributed by atoms with Crippen LogP contribution < -0.4 is 10.1 Å². The van der Waals surface area contributed by atoms with Gasteiger partial charge in [0.05, 0.1) is 0 Å². The molecule has 0 aliphatic rings. The number of ether oxygens (including phenoxy) is 1. The summed E-state index contributed by atoms with van der Waals surface area (Å²) in [5.41, 5.74) is 2.68. The summed E-state index contributed by atoms with van der Waals surface area (Å²) in [5, 5.41) is 13.3. The highest BCUT2D eigenvalue weighted by atomic mass is 35.5. The molecule has 0 spiro atoms. The predicted octanol–water partition coefficient (Wildman–Crippen LogP) is 5.53. The summed E-state index contributed by atoms with van der Waals surface area (Å²) in [6.07, 6.45) is -0.701. The number of aryl methyl sites for hydroxylation is 2. The molecule has 5 nitrogen and oxygen atoms in total. The second-order valence-corrected chi connectivity index (χ2v) is 7.83. The molecule has 1 atom stereocenters. The van der Waals surface area contributed by atoms with Gasteiger partial charge in [-0.25, -0.2) is 0 Å². The van der Waals surface area contributed by atoms with E-state index in [0.717, 1.165) is 16.7 Å². The number of anilines is 1. The minimum atomic E-state index is -0.701. The zero-order valence-corrected chi connectivity index (χ0v) is 17.2. The Morgan fingerprint density at radius 3 is 2.37 bits per heavy atom. The van der Waals surface area contributed by atoms with Crippen LogP contribution in [0.15, 0.2) is 36.4 Å². The number of benzene rings is 2. The van der Waals surface area contributed by atoms with E-state index in [-0.39, 0.29) is 5.91 Å². The van der Waals surface area contributed by atoms with E-state index in [9.17, 15) is 4.79 Å². The lowest BCUT2D eigenvalue weighted by atomic mass is 10.1. The molecule has 1 aromatic heterocycles. The average Bonchev–Trinajstić information content (AvgIpc) is 3.08. The van der Waals surface area contributed by atoms with Gasteiger partial charge in [0.15, 0.2) is 6.10 Å². The normalized spacial score (nSPS) is 11.9. The SMILES string of the molecule is Cc1cc(O[C@H](C)C(=O)Nc2nnc(-c3ccc(Cl)cc3)s2)cc(C)c1Cl. The van der Waals surface area contributed by atoms with E-state index in [1.807, 2.05) is 38.1 Å². The highest BCUT2D eigenvalue weighted by Crippen LogP contribution is 2.28. The highest BCUT2D eigenvalue weighted by Gasteiger charge is 2.18. The number of rotatable bonds is 5. The van der Waals surface area contributed by atoms with Gasteiger partial charge in [-0.2, -0.15) is 0 Å². The van der Waals surface area contributed by atoms with Crippen molar-refractivity contribution in [2.75, 3.05) is 5.32 Å². The number of hydrogen-bond acceptors (Lipinski definition) is 5. The Morgan fingerprint density at radius 1 is 1.11 bits per heavy atom. The van der Waals surface area contributed by atoms with Crippen molar-refractivity contribution < 1.29 is 9.53 Å². The van der Waals surface area contributed by atoms with Crippen LogP contribution in [0.4, 0.5) is 5.13 Å². The number of aromatic nitrogens is 2. The monoisotopic (exact) mass is 421 g/mol. The summed E-state index contributed by atoms with van der Waals surface area (Å²) in [6.45, 7) is 5.47. The maximum Gasteiger partial charge on any atom is 0.266 e. The van der Waals surface area contributed by atoms with Crippen LogP contribution >= 0.6 is 34.5 Å². The lowest BCUT2D eigenvalue weighted by molar-refractivity contribution is -0.122. The lowest BCUT2D eigenvalue weighted by Gasteiger charge is -2.15. The second-order valence-electron chi connectivity index (χ2n) is 6.04. The molecule has 3 rings (SSSR count). The maximum absolute atomic E-state index is 12.4. The molecule has 0 fully saturated rings. The van der Waals surface area contributed by atoms with E-state index >= 15 is 0 Å². The van der Waals surface area contributed by atoms with E-state index in [4.69, 9.17) is 27.9 Å². The van der Waals surface area contributed by atoms with Crippen molar-refractivity contribution in [3.8, 4) is 16.3 Å². The summed E-state index contributed by atoms with van der Waals surface area (Å²) >= 11 is 13.3. The molecule has 27 heavy (non-hydrogen) atoms. The average molecular weight is 422 g/mol. The lowest BCUT2D eigenvalue weighted by Crippen LogP contribution is -2.30. The first kappa shape index (κ1) is 19.6. The van der Waals surface area contributed by atoms with Crippen molar-refractivity contribution >= 4 is 45.6 Å². The Bertz CT molecular complexity index is 950. The summed E-state index contributed by atoms with van der Waals surface area (Å²) in [5.74, 6) is 0.287. The Labute approximate surface area is 171 Å². The predicted molar refractivity (Wildman–Crippen MR) is 110 cm³/mol. The second kappa shape index (κ2) is 8.25. The summed E-state index contributed by atoms with van der Waals surface area (Å²) in [6, 6.07) is 10.9. The fourth-order valence-corrected chi connectivity index (χ4v) is 3.41. The van der Waals surface area contributed by atoms with Crippen molar-refractivity contribution in [3.63, 3.8) is 0 Å². The minimum absolute atomic E-state index is 0.306. The van der Waals surface area contributed by atoms with Gasteiger partial charge >= 0.3 is 0 Å². The first-order valence-corrected chi connectivity index (χ1v) is 9.74. The Morgan fingerprint density at radius 2 is 1.74 bits per heavy atom. The number of carbonyl (C=O) groups excluding carboxylic acids is 1. The maximum atomic E-state index is 12.4. The number of nitrogens with zero attached hydrogens (tertiary/aromatic N) is 2. The van der Waals surface area contributed by atoms with Crippen molar-refractivity contribution in [1.29, 1.82) is 0 Å². The summed E-state index contributed by atoms with van der Waals surface area (Å²) in [7, 11) is 0. The van der Waals surface area contributed by atoms with Gasteiger partial charge in [-0.05, 0) is 56.2 Å². The molecule has 0 saturated carbocycles. The van der Waals surface area contributed by atoms with E-state index in [2.05, 4.69) is 15.5 Å². The van der Waals surface area contributed by atoms with Crippen LogP contribution in [0.3, 0.4) is 0 Å². The third-order valence-corrected chi connectivity index (χ3v) is 5.57. The van der Waals surface area contributed by atoms with Gasteiger partial charge in [-0.15, -0.1) is 10.2 Å². The van der Waals surface area contributed by atoms with Crippen LogP contribution in [0.1, 0.15) is 18.1 Å². The first-order chi connectivity index (χ1) is 12.8. The van der Waals surface area contributed by atoms with Crippen LogP contribution in [0.25, 0.3) is 10.6 Å². The van der Waals surface area contributed by atoms with E-state index in [1.54, 1.807) is 19.1 Å². The van der Waals surface area contributed by atoms with Crippen LogP contribution in [0, 0.1) is 13.8 Å². The van der Waals surface area contributed by atoms with Crippen LogP contribution in [0.5, 0.6) is 5.75 Å². The summed E-state index contributed by atoms with van der Waals surface area (Å²) in [4.78, 5) is 12.4. The molecule has 1 heterocycles. The zero-order valence-electron chi connectivity index (χ0n) is 14.9. The van der Waals surface area contributed by atoms with E-state index in [1.165, 1.54) is 11.3 Å². The van der Waals surface area contributed by atoms with Crippen molar-refractivity contribution in [1.82, 2.24) is 10.2 Å². The smallest absolute Gasteiger partial charge is 0.266 e. The number of hydrogen-bond donors (Lipinski definition) is 1. The fourth-order valence-electron chi connectivity index (χ4n) is 2.42. The standard InChI is InChI=1S/C19H17Cl2N3O2S/c1-10-8-15(9-11(2)16(10)21)26-12(3)17(25)22-19-24-23-18(27-19)13-4-6-14(20)7-5-13/h4-9,12H,1-3H3,(H,22,24,25)/t12-/m1/s1. The van der Waals surface area contributed by atoms with Crippen molar-refractivity contribution in [2.24, 2.45) is 0 Å². The molecule has 1 N–H and O–H groups in total. The third kappa shape index (κ3) is 4.77. The topological polar surface area (TPSA) is 64.1 Å². The number of carbonyl (C=O) groups is 1. The minimum Gasteiger partial charge on any atom is -0.481 e. The van der Waals surface area contributed by atoms with Crippen LogP contribution in [0.2, 0.25) is 10.0 Å². The molecule has 0 aliphatic carbocycles. The van der Waals surface area contributed by atoms with Gasteiger partial charge in [-0.3, -0.25) is 10.1 Å². The highest BCUT2D eigenvalue weighted by molar-refractivity contribution is 7.18. The quantitative estimate of drug-likeness (QED) is 0.587. The third-order valence-electron chi connectivity index (χ3n) is 3.84. The molecule has 1 amide bonds. The molecular formula is C19H17Cl2N3O2S. The Balaban J connectivity index is 1.66. The Hall–Kier alpha value is -2.15. The van der Waals surface area contributed by atoms with Crippen LogP contribution in [-0.2, 0) is 4.79 Å². The van der Waals surface area contributed by atoms with Crippen molar-refractivity contribution in [3.05, 3.63) is 57.6 Å². The van der Waals surface area contributed by atoms with Gasteiger partial charge in [0.25, 0.3) is 5.91 Å². The molecule has 140 valence electrons. The number of amides is 1. The largest absolute Gasteiger partial charge is 0.481 e. The van der Waals surface area contributed by atoms with E-state index in [0.29, 0.717) is 25.9 Å². The molecule has 0 radical (unpaired) electrons. The van der Waals surface area contributed by atoms with Gasteiger partial charge in [0.2, 0.25) is 5.13 Å². The molecule has 2 aromatic carbocycles. The number of nitrogens with one attached hydrogen (secondary N) is 1. The van der Waals surface area contributed by atoms with E-state index < -0.39 is 6.10 Å². The van der Waals surface area contributed by atoms with Gasteiger partial charge in [0, 0.05) is 15.6 Å². The van der Waals surface area contributed by atoms with Gasteiger partial charge < -0.3 is 4.74 Å². The van der Waals surface area contributed by atoms with Crippen LogP contribution in [-0.4, -0.2) is 22.2 Å². The molecule has 0 saturated heterocycles. The molecule has 8 heteroatoms. The Kier molecular flexibility index (Phi) is 5.99. The van der Waals surface area contributed by atoms with Gasteiger partial charge in [-0.1, -0.05) is 46.7 Å². The van der Waals surface area contributed by atoms with Crippen molar-refractivity contribution in [2.45, 2.75) is 26.9 Å². The molecule has 0 unspecified atom stereocenters. The molecule has 3 aromatic rings.